The monoisotopic (exact) mass is 457 g/mol. The number of benzene rings is 1. The van der Waals surface area contributed by atoms with E-state index in [4.69, 9.17) is 19.4 Å². The first-order chi connectivity index (χ1) is 14.9. The highest BCUT2D eigenvalue weighted by atomic mass is 19.4. The van der Waals surface area contributed by atoms with Crippen LogP contribution in [0.15, 0.2) is 18.2 Å². The maximum atomic E-state index is 11.8. The second kappa shape index (κ2) is 7.19. The number of rotatable bonds is 2. The van der Waals surface area contributed by atoms with Crippen LogP contribution in [0.2, 0.25) is 0 Å². The number of methoxy groups -OCH3 is 1. The van der Waals surface area contributed by atoms with Crippen molar-refractivity contribution < 1.29 is 47.6 Å². The third-order valence-electron chi connectivity index (χ3n) is 7.02. The van der Waals surface area contributed by atoms with Crippen LogP contribution in [0.1, 0.15) is 27.9 Å². The molecule has 2 bridgehead atoms. The zero-order valence-electron chi connectivity index (χ0n) is 17.2. The molecule has 174 valence electrons. The van der Waals surface area contributed by atoms with E-state index in [2.05, 4.69) is 4.90 Å². The van der Waals surface area contributed by atoms with Crippen LogP contribution in [-0.4, -0.2) is 83.2 Å². The van der Waals surface area contributed by atoms with Crippen molar-refractivity contribution in [1.29, 1.82) is 0 Å². The van der Waals surface area contributed by atoms with Crippen molar-refractivity contribution in [1.82, 2.24) is 4.90 Å². The van der Waals surface area contributed by atoms with Gasteiger partial charge in [0.1, 0.15) is 24.1 Å². The average molecular weight is 457 g/mol. The molecule has 0 unspecified atom stereocenters. The summed E-state index contributed by atoms with van der Waals surface area (Å²) in [6.07, 6.45) is -1.04. The second-order valence-corrected chi connectivity index (χ2v) is 8.41. The predicted octanol–water partition coefficient (Wildman–Crippen LogP) is 1.06. The Kier molecular flexibility index (Phi) is 5.07. The first-order valence-corrected chi connectivity index (χ1v) is 9.88. The fourth-order valence-electron chi connectivity index (χ4n) is 5.64. The molecule has 5 atom stereocenters. The van der Waals surface area contributed by atoms with Gasteiger partial charge in [-0.1, -0.05) is 12.2 Å². The highest BCUT2D eigenvalue weighted by Gasteiger charge is 2.71. The molecule has 5 rings (SSSR count). The first-order valence-electron chi connectivity index (χ1n) is 9.88. The number of hydrogen-bond acceptors (Lipinski definition) is 7. The summed E-state index contributed by atoms with van der Waals surface area (Å²) in [5.74, 6) is -1.71. The molecule has 1 fully saturated rings. The summed E-state index contributed by atoms with van der Waals surface area (Å²) in [4.78, 5) is 22.8. The van der Waals surface area contributed by atoms with E-state index in [9.17, 15) is 28.2 Å². The van der Waals surface area contributed by atoms with Crippen molar-refractivity contribution in [2.45, 2.75) is 48.3 Å². The second-order valence-electron chi connectivity index (χ2n) is 8.41. The minimum absolute atomic E-state index is 0.165. The molecule has 32 heavy (non-hydrogen) atoms. The van der Waals surface area contributed by atoms with Gasteiger partial charge in [0.25, 0.3) is 0 Å². The summed E-state index contributed by atoms with van der Waals surface area (Å²) in [6.45, 7) is 0.792. The Morgan fingerprint density at radius 1 is 1.41 bits per heavy atom. The van der Waals surface area contributed by atoms with E-state index in [1.165, 1.54) is 7.11 Å². The molecule has 2 aliphatic carbocycles. The highest BCUT2D eigenvalue weighted by molar-refractivity contribution is 5.83. The highest BCUT2D eigenvalue weighted by Crippen LogP contribution is 2.64. The zero-order chi connectivity index (χ0) is 23.6. The van der Waals surface area contributed by atoms with Gasteiger partial charge in [0.05, 0.1) is 12.5 Å². The summed E-state index contributed by atoms with van der Waals surface area (Å²) < 4.78 is 43.4. The number of aliphatic hydroxyl groups excluding tert-OH is 1. The Morgan fingerprint density at radius 2 is 2.06 bits per heavy atom. The lowest BCUT2D eigenvalue weighted by Crippen LogP contribution is -2.75. The average Bonchev–Trinajstić information content (AvgIpc) is 3.08. The Hall–Kier alpha value is -2.63. The van der Waals surface area contributed by atoms with Gasteiger partial charge in [0.2, 0.25) is 0 Å². The number of carboxylic acids is 1. The lowest BCUT2D eigenvalue weighted by molar-refractivity contribution is -0.192. The van der Waals surface area contributed by atoms with Gasteiger partial charge >= 0.3 is 12.1 Å². The van der Waals surface area contributed by atoms with E-state index >= 15 is 0 Å². The molecule has 1 aromatic rings. The molecule has 0 aromatic heterocycles. The van der Waals surface area contributed by atoms with Crippen LogP contribution in [0.4, 0.5) is 13.2 Å². The lowest BCUT2D eigenvalue weighted by Gasteiger charge is -2.61. The summed E-state index contributed by atoms with van der Waals surface area (Å²) in [5.41, 5.74) is 0.444. The number of aliphatic hydroxyl groups is 2. The maximum absolute atomic E-state index is 11.8. The fourth-order valence-corrected chi connectivity index (χ4v) is 5.64. The van der Waals surface area contributed by atoms with E-state index in [-0.39, 0.29) is 6.04 Å². The van der Waals surface area contributed by atoms with Crippen LogP contribution in [0.3, 0.4) is 0 Å². The normalized spacial score (nSPS) is 34.0. The number of halogens is 3. The van der Waals surface area contributed by atoms with Gasteiger partial charge in [0.15, 0.2) is 11.5 Å². The van der Waals surface area contributed by atoms with Crippen molar-refractivity contribution in [2.24, 2.45) is 0 Å². The van der Waals surface area contributed by atoms with Crippen LogP contribution in [0, 0.1) is 0 Å². The van der Waals surface area contributed by atoms with Gasteiger partial charge in [-0.25, -0.2) is 4.79 Å². The fraction of sp³-hybridized carbons (Fsp3) is 0.524. The Bertz CT molecular complexity index is 1010. The van der Waals surface area contributed by atoms with E-state index in [0.717, 1.165) is 24.0 Å². The number of aldehydes is 1. The largest absolute Gasteiger partial charge is 0.493 e. The summed E-state index contributed by atoms with van der Waals surface area (Å²) in [5, 5.41) is 29.5. The molecular formula is C21H22F3NO7. The van der Waals surface area contributed by atoms with Crippen LogP contribution in [0.25, 0.3) is 0 Å². The number of carboxylic acid groups (broad SMARTS) is 1. The molecule has 4 aliphatic rings. The van der Waals surface area contributed by atoms with Crippen molar-refractivity contribution >= 4 is 12.3 Å². The summed E-state index contributed by atoms with van der Waals surface area (Å²) in [7, 11) is 3.53. The van der Waals surface area contributed by atoms with E-state index in [1.54, 1.807) is 18.2 Å². The third-order valence-corrected chi connectivity index (χ3v) is 7.02. The number of carbonyl (C=O) groups excluding carboxylic acids is 1. The summed E-state index contributed by atoms with van der Waals surface area (Å²) in [6, 6.07) is 1.54. The molecule has 8 nitrogen and oxygen atoms in total. The molecule has 1 saturated heterocycles. The van der Waals surface area contributed by atoms with Gasteiger partial charge in [-0.05, 0) is 38.1 Å². The molecule has 2 aliphatic heterocycles. The zero-order valence-corrected chi connectivity index (χ0v) is 17.2. The molecule has 2 heterocycles. The molecular weight excluding hydrogens is 435 g/mol. The Labute approximate surface area is 180 Å². The Morgan fingerprint density at radius 3 is 2.62 bits per heavy atom. The number of ether oxygens (including phenoxy) is 2. The smallest absolute Gasteiger partial charge is 0.490 e. The van der Waals surface area contributed by atoms with Gasteiger partial charge < -0.3 is 24.8 Å². The minimum atomic E-state index is -5.08. The topological polar surface area (TPSA) is 117 Å². The molecule has 0 radical (unpaired) electrons. The van der Waals surface area contributed by atoms with Crippen LogP contribution in [0.5, 0.6) is 11.5 Å². The first kappa shape index (κ1) is 22.6. The molecule has 0 saturated carbocycles. The Balaban J connectivity index is 0.000000307. The number of likely N-dealkylation sites (N-methyl/N-ethyl adjacent to an activating group) is 1. The van der Waals surface area contributed by atoms with Crippen LogP contribution < -0.4 is 9.47 Å². The predicted molar refractivity (Wildman–Crippen MR) is 103 cm³/mol. The number of hydrogen-bond donors (Lipinski definition) is 3. The number of likely N-dealkylation sites (tertiary alicyclic amines) is 1. The molecule has 3 N–H and O–H groups in total. The van der Waals surface area contributed by atoms with E-state index in [1.807, 2.05) is 7.05 Å². The quantitative estimate of drug-likeness (QED) is 0.446. The van der Waals surface area contributed by atoms with Crippen LogP contribution in [-0.2, 0) is 16.6 Å². The molecule has 1 aromatic carbocycles. The molecule has 11 heteroatoms. The molecule has 1 spiro atoms. The standard InChI is InChI=1S/C19H21NO5.C2HF3O2/c1-20-6-5-18-15-11-8-14(20)19(18,23)4-3-12(22)17(18)25-16(15)13(24-2)7-10(11)9-21;3-2(4,5)1(6)7/h3-4,7,9,12,14,17,22-23H,5-6,8H2,1-2H3;(H,6,7)/t12-,14+,17-,18-,19+;/m0./s1. The van der Waals surface area contributed by atoms with Crippen molar-refractivity contribution in [2.75, 3.05) is 20.7 Å². The van der Waals surface area contributed by atoms with Crippen molar-refractivity contribution in [3.05, 3.63) is 34.9 Å². The lowest BCUT2D eigenvalue weighted by atomic mass is 9.50. The SMILES string of the molecule is COc1cc(C=O)c2c3c1O[C@H]1[C@@H](O)C=C[C@@]4(O)[C@@H](C2)N(C)CC[C@]314.O=C(O)C(F)(F)F. The van der Waals surface area contributed by atoms with Gasteiger partial charge in [0, 0.05) is 17.2 Å². The van der Waals surface area contributed by atoms with Gasteiger partial charge in [-0.2, -0.15) is 13.2 Å². The number of aliphatic carboxylic acids is 1. The van der Waals surface area contributed by atoms with E-state index in [0.29, 0.717) is 29.9 Å². The number of piperidine rings is 1. The third kappa shape index (κ3) is 2.81. The minimum Gasteiger partial charge on any atom is -0.493 e. The number of alkyl halides is 3. The maximum Gasteiger partial charge on any atom is 0.490 e. The van der Waals surface area contributed by atoms with Crippen molar-refractivity contribution in [3.63, 3.8) is 0 Å². The number of nitrogens with zero attached hydrogens (tertiary/aromatic N) is 1. The van der Waals surface area contributed by atoms with Crippen LogP contribution >= 0.6 is 0 Å². The van der Waals surface area contributed by atoms with Gasteiger partial charge in [-0.15, -0.1) is 0 Å². The van der Waals surface area contributed by atoms with Crippen molar-refractivity contribution in [3.8, 4) is 11.5 Å². The molecule has 0 amide bonds. The summed E-state index contributed by atoms with van der Waals surface area (Å²) >= 11 is 0. The van der Waals surface area contributed by atoms with Gasteiger partial charge in [-0.3, -0.25) is 9.69 Å². The number of carbonyl (C=O) groups is 2. The van der Waals surface area contributed by atoms with E-state index < -0.39 is 35.4 Å².